The maximum Gasteiger partial charge on any atom is 0.318 e. The molecule has 1 saturated heterocycles. The van der Waals surface area contributed by atoms with E-state index >= 15 is 0 Å². The largest absolute Gasteiger partial charge is 0.371 e. The Morgan fingerprint density at radius 2 is 1.79 bits per heavy atom. The van der Waals surface area contributed by atoms with Crippen molar-refractivity contribution in [2.45, 2.75) is 18.9 Å². The summed E-state index contributed by atoms with van der Waals surface area (Å²) in [6, 6.07) is 8.98. The van der Waals surface area contributed by atoms with Crippen LogP contribution in [0.15, 0.2) is 46.1 Å². The molecule has 2 aromatic heterocycles. The molecule has 0 bridgehead atoms. The highest BCUT2D eigenvalue weighted by atomic mass is 35.5. The van der Waals surface area contributed by atoms with Crippen LogP contribution in [0.2, 0.25) is 5.02 Å². The van der Waals surface area contributed by atoms with Gasteiger partial charge in [0.15, 0.2) is 5.65 Å². The fourth-order valence-corrected chi connectivity index (χ4v) is 3.94. The highest BCUT2D eigenvalue weighted by Crippen LogP contribution is 2.27. The maximum absolute atomic E-state index is 12.7. The Morgan fingerprint density at radius 3 is 2.43 bits per heavy atom. The molecule has 3 aromatic rings. The van der Waals surface area contributed by atoms with Crippen LogP contribution >= 0.6 is 11.6 Å². The predicted octanol–water partition coefficient (Wildman–Crippen LogP) is 2.40. The third-order valence-corrected chi connectivity index (χ3v) is 5.54. The van der Waals surface area contributed by atoms with Gasteiger partial charge in [0.25, 0.3) is 0 Å². The van der Waals surface area contributed by atoms with E-state index in [1.807, 2.05) is 12.1 Å². The average molecular weight is 399 g/mol. The zero-order valence-corrected chi connectivity index (χ0v) is 16.1. The third-order valence-electron chi connectivity index (χ3n) is 5.33. The van der Waals surface area contributed by atoms with Crippen molar-refractivity contribution >= 4 is 34.7 Å². The van der Waals surface area contributed by atoms with E-state index in [-0.39, 0.29) is 6.04 Å². The number of hydrogen-bond donors (Lipinski definition) is 0. The summed E-state index contributed by atoms with van der Waals surface area (Å²) in [5.74, 6) is 0. The summed E-state index contributed by atoms with van der Waals surface area (Å²) in [6.07, 6.45) is 3.74. The molecule has 0 unspecified atom stereocenters. The van der Waals surface area contributed by atoms with E-state index in [9.17, 15) is 14.4 Å². The first-order valence-corrected chi connectivity index (χ1v) is 9.44. The Labute approximate surface area is 165 Å². The first kappa shape index (κ1) is 18.4. The first-order valence-electron chi connectivity index (χ1n) is 9.06. The topological polar surface area (TPSA) is 77.2 Å². The molecule has 1 aromatic carbocycles. The Morgan fingerprint density at radius 1 is 1.11 bits per heavy atom. The van der Waals surface area contributed by atoms with Gasteiger partial charge in [0.1, 0.15) is 6.29 Å². The Kier molecular flexibility index (Phi) is 4.77. The van der Waals surface area contributed by atoms with Crippen LogP contribution in [0, 0.1) is 0 Å². The van der Waals surface area contributed by atoms with Gasteiger partial charge < -0.3 is 9.47 Å². The molecule has 28 heavy (non-hydrogen) atoms. The molecule has 8 heteroatoms. The summed E-state index contributed by atoms with van der Waals surface area (Å²) in [7, 11) is 1.56. The van der Waals surface area contributed by atoms with Crippen molar-refractivity contribution in [1.29, 1.82) is 0 Å². The molecule has 0 spiro atoms. The molecular weight excluding hydrogens is 380 g/mol. The zero-order valence-electron chi connectivity index (χ0n) is 15.3. The number of anilines is 1. The maximum atomic E-state index is 12.7. The third kappa shape index (κ3) is 3.11. The minimum Gasteiger partial charge on any atom is -0.371 e. The van der Waals surface area contributed by atoms with Gasteiger partial charge in [0, 0.05) is 43.6 Å². The molecule has 0 amide bonds. The van der Waals surface area contributed by atoms with E-state index in [2.05, 4.69) is 9.88 Å². The number of carbonyl (C=O) groups is 1. The number of benzene rings is 1. The predicted molar refractivity (Wildman–Crippen MR) is 109 cm³/mol. The second-order valence-corrected chi connectivity index (χ2v) is 7.40. The molecule has 1 aliphatic rings. The molecule has 144 valence electrons. The number of piperidine rings is 1. The van der Waals surface area contributed by atoms with Gasteiger partial charge >= 0.3 is 11.1 Å². The molecule has 0 atom stereocenters. The van der Waals surface area contributed by atoms with Crippen LogP contribution in [0.1, 0.15) is 29.2 Å². The summed E-state index contributed by atoms with van der Waals surface area (Å²) in [5, 5.41) is 0.418. The van der Waals surface area contributed by atoms with Gasteiger partial charge in [0.05, 0.1) is 10.5 Å². The molecule has 0 aliphatic carbocycles. The van der Waals surface area contributed by atoms with E-state index in [1.165, 1.54) is 15.3 Å². The number of rotatable bonds is 3. The van der Waals surface area contributed by atoms with Crippen molar-refractivity contribution in [1.82, 2.24) is 14.1 Å². The number of aryl methyl sites for hydroxylation is 1. The number of hydrogen-bond acceptors (Lipinski definition) is 5. The van der Waals surface area contributed by atoms with E-state index in [0.717, 1.165) is 25.1 Å². The lowest BCUT2D eigenvalue weighted by molar-refractivity contribution is 0.112. The molecule has 3 heterocycles. The molecule has 4 rings (SSSR count). The smallest absolute Gasteiger partial charge is 0.318 e. The summed E-state index contributed by atoms with van der Waals surface area (Å²) in [4.78, 5) is 42.5. The van der Waals surface area contributed by atoms with Crippen LogP contribution in [0.4, 0.5) is 5.69 Å². The number of pyridine rings is 1. The number of nitrogens with zero attached hydrogens (tertiary/aromatic N) is 4. The minimum atomic E-state index is -0.580. The van der Waals surface area contributed by atoms with Crippen molar-refractivity contribution in [2.24, 2.45) is 7.05 Å². The lowest BCUT2D eigenvalue weighted by atomic mass is 10.0. The SMILES string of the molecule is Cn1c(=O)c(=O)n(C2CCN(c3ccc(C=O)cc3)CC2)c2ncc(Cl)cc21. The van der Waals surface area contributed by atoms with Gasteiger partial charge in [-0.1, -0.05) is 11.6 Å². The lowest BCUT2D eigenvalue weighted by Gasteiger charge is -2.34. The van der Waals surface area contributed by atoms with Crippen LogP contribution < -0.4 is 16.0 Å². The zero-order chi connectivity index (χ0) is 19.8. The van der Waals surface area contributed by atoms with Gasteiger partial charge in [-0.05, 0) is 43.2 Å². The molecule has 1 fully saturated rings. The fraction of sp³-hybridized carbons (Fsp3) is 0.300. The normalized spacial score (nSPS) is 15.1. The van der Waals surface area contributed by atoms with Gasteiger partial charge in [-0.2, -0.15) is 0 Å². The standard InChI is InChI=1S/C20H19ClN4O3/c1-23-17-10-14(21)11-22-18(17)25(20(28)19(23)27)16-6-8-24(9-7-16)15-4-2-13(12-26)3-5-15/h2-5,10-12,16H,6-9H2,1H3. The van der Waals surface area contributed by atoms with Crippen molar-refractivity contribution in [2.75, 3.05) is 18.0 Å². The Balaban J connectivity index is 1.66. The van der Waals surface area contributed by atoms with E-state index < -0.39 is 11.1 Å². The molecule has 7 nitrogen and oxygen atoms in total. The summed E-state index contributed by atoms with van der Waals surface area (Å²) >= 11 is 6.04. The number of halogens is 1. The number of aldehydes is 1. The van der Waals surface area contributed by atoms with Gasteiger partial charge in [-0.15, -0.1) is 0 Å². The van der Waals surface area contributed by atoms with Gasteiger partial charge in [-0.25, -0.2) is 4.98 Å². The molecule has 0 radical (unpaired) electrons. The monoisotopic (exact) mass is 398 g/mol. The number of aromatic nitrogens is 3. The molecule has 1 aliphatic heterocycles. The average Bonchev–Trinajstić information content (AvgIpc) is 2.73. The van der Waals surface area contributed by atoms with E-state index in [4.69, 9.17) is 11.6 Å². The van der Waals surface area contributed by atoms with E-state index in [1.54, 1.807) is 25.2 Å². The summed E-state index contributed by atoms with van der Waals surface area (Å²) in [6.45, 7) is 1.48. The van der Waals surface area contributed by atoms with Crippen LogP contribution in [-0.4, -0.2) is 33.5 Å². The molecular formula is C20H19ClN4O3. The first-order chi connectivity index (χ1) is 13.5. The fourth-order valence-electron chi connectivity index (χ4n) is 3.79. The molecule has 0 N–H and O–H groups in total. The van der Waals surface area contributed by atoms with Crippen molar-refractivity contribution in [3.05, 3.63) is 67.8 Å². The lowest BCUT2D eigenvalue weighted by Crippen LogP contribution is -2.45. The van der Waals surface area contributed by atoms with Crippen molar-refractivity contribution in [3.8, 4) is 0 Å². The van der Waals surface area contributed by atoms with Crippen molar-refractivity contribution < 1.29 is 4.79 Å². The second-order valence-electron chi connectivity index (χ2n) is 6.96. The highest BCUT2D eigenvalue weighted by Gasteiger charge is 2.25. The summed E-state index contributed by atoms with van der Waals surface area (Å²) < 4.78 is 2.83. The minimum absolute atomic E-state index is 0.108. The number of carbonyl (C=O) groups excluding carboxylic acids is 1. The van der Waals surface area contributed by atoms with Crippen molar-refractivity contribution in [3.63, 3.8) is 0 Å². The molecule has 0 saturated carbocycles. The van der Waals surface area contributed by atoms with Crippen LogP contribution in [-0.2, 0) is 7.05 Å². The summed E-state index contributed by atoms with van der Waals surface area (Å²) in [5.41, 5.74) is 1.56. The quantitative estimate of drug-likeness (QED) is 0.500. The second kappa shape index (κ2) is 7.24. The van der Waals surface area contributed by atoms with Gasteiger partial charge in [-0.3, -0.25) is 19.0 Å². The Hall–Kier alpha value is -2.93. The van der Waals surface area contributed by atoms with Crippen LogP contribution in [0.3, 0.4) is 0 Å². The number of fused-ring (bicyclic) bond motifs is 1. The Bertz CT molecular complexity index is 1160. The van der Waals surface area contributed by atoms with Gasteiger partial charge in [0.2, 0.25) is 0 Å². The van der Waals surface area contributed by atoms with Crippen LogP contribution in [0.5, 0.6) is 0 Å². The van der Waals surface area contributed by atoms with E-state index in [0.29, 0.717) is 34.6 Å². The van der Waals surface area contributed by atoms with Crippen LogP contribution in [0.25, 0.3) is 11.2 Å². The highest BCUT2D eigenvalue weighted by molar-refractivity contribution is 6.31.